The number of nitrogens with one attached hydrogen (secondary N) is 1. The quantitative estimate of drug-likeness (QED) is 0.490. The highest BCUT2D eigenvalue weighted by Gasteiger charge is 2.23. The van der Waals surface area contributed by atoms with Crippen molar-refractivity contribution in [2.75, 3.05) is 25.1 Å². The Hall–Kier alpha value is -2.33. The molecule has 2 aromatic carbocycles. The van der Waals surface area contributed by atoms with Gasteiger partial charge in [0.2, 0.25) is 10.0 Å². The number of rotatable bonds is 6. The van der Waals surface area contributed by atoms with Crippen LogP contribution in [0.4, 0.5) is 11.4 Å². The Bertz CT molecular complexity index is 1100. The molecule has 2 rings (SSSR count). The predicted octanol–water partition coefficient (Wildman–Crippen LogP) is 3.32. The van der Waals surface area contributed by atoms with Crippen molar-refractivity contribution in [3.63, 3.8) is 0 Å². The van der Waals surface area contributed by atoms with Gasteiger partial charge in [-0.05, 0) is 43.7 Å². The van der Waals surface area contributed by atoms with E-state index >= 15 is 0 Å². The molecule has 1 atom stereocenters. The fraction of sp³-hybridized carbons (Fsp3) is 0.263. The molecule has 0 radical (unpaired) electrons. The number of esters is 1. The van der Waals surface area contributed by atoms with Gasteiger partial charge in [-0.2, -0.15) is 0 Å². The van der Waals surface area contributed by atoms with E-state index in [-0.39, 0.29) is 31.9 Å². The largest absolute Gasteiger partial charge is 0.449 e. The van der Waals surface area contributed by atoms with Gasteiger partial charge in [0.1, 0.15) is 0 Å². The molecule has 3 N–H and O–H groups in total. The summed E-state index contributed by atoms with van der Waals surface area (Å²) in [5.41, 5.74) is 6.60. The van der Waals surface area contributed by atoms with Gasteiger partial charge in [0, 0.05) is 24.8 Å². The third-order valence-corrected chi connectivity index (χ3v) is 6.55. The fourth-order valence-electron chi connectivity index (χ4n) is 2.37. The fourth-order valence-corrected chi connectivity index (χ4v) is 3.79. The number of amides is 1. The zero-order valence-electron chi connectivity index (χ0n) is 16.7. The van der Waals surface area contributed by atoms with E-state index < -0.39 is 28.0 Å². The second kappa shape index (κ2) is 9.22. The van der Waals surface area contributed by atoms with Crippen molar-refractivity contribution in [1.29, 1.82) is 0 Å². The Morgan fingerprint density at radius 3 is 2.40 bits per heavy atom. The van der Waals surface area contributed by atoms with E-state index in [1.54, 1.807) is 13.0 Å². The molecule has 0 aliphatic heterocycles. The number of aryl methyl sites for hydroxylation is 1. The molecule has 0 spiro atoms. The summed E-state index contributed by atoms with van der Waals surface area (Å²) in [6.45, 7) is 3.07. The first kappa shape index (κ1) is 23.9. The summed E-state index contributed by atoms with van der Waals surface area (Å²) in [5, 5.41) is 2.85. The number of benzene rings is 2. The number of anilines is 2. The number of halogens is 2. The number of nitrogens with zero attached hydrogens (tertiary/aromatic N) is 1. The minimum Gasteiger partial charge on any atom is -0.449 e. The van der Waals surface area contributed by atoms with E-state index in [0.29, 0.717) is 5.56 Å². The van der Waals surface area contributed by atoms with Crippen molar-refractivity contribution in [2.45, 2.75) is 24.8 Å². The van der Waals surface area contributed by atoms with Crippen molar-refractivity contribution in [3.05, 3.63) is 51.5 Å². The molecule has 0 saturated heterocycles. The molecule has 1 unspecified atom stereocenters. The van der Waals surface area contributed by atoms with Crippen LogP contribution in [0.5, 0.6) is 0 Å². The van der Waals surface area contributed by atoms with E-state index in [2.05, 4.69) is 5.32 Å². The lowest BCUT2D eigenvalue weighted by molar-refractivity contribution is -0.123. The molecular formula is C19H21Cl2N3O5S. The standard InChI is InChI=1S/C19H21Cl2N3O5S/c1-10-5-6-13(30(27,28)24(3)4)9-16(10)23-18(25)11(2)29-19(26)14-7-12(20)8-15(21)17(14)22/h5-9,11H,22H2,1-4H3,(H,23,25). The van der Waals surface area contributed by atoms with E-state index in [9.17, 15) is 18.0 Å². The Labute approximate surface area is 184 Å². The number of carbonyl (C=O) groups excluding carboxylic acids is 2. The van der Waals surface area contributed by atoms with Gasteiger partial charge in [-0.1, -0.05) is 29.3 Å². The maximum Gasteiger partial charge on any atom is 0.341 e. The van der Waals surface area contributed by atoms with Crippen LogP contribution < -0.4 is 11.1 Å². The van der Waals surface area contributed by atoms with Crippen molar-refractivity contribution in [1.82, 2.24) is 4.31 Å². The summed E-state index contributed by atoms with van der Waals surface area (Å²) in [6, 6.07) is 7.01. The Morgan fingerprint density at radius 2 is 1.80 bits per heavy atom. The van der Waals surface area contributed by atoms with Crippen LogP contribution in [0.25, 0.3) is 0 Å². The summed E-state index contributed by atoms with van der Waals surface area (Å²) >= 11 is 11.8. The highest BCUT2D eigenvalue weighted by atomic mass is 35.5. The molecule has 0 saturated carbocycles. The van der Waals surface area contributed by atoms with E-state index in [4.69, 9.17) is 33.7 Å². The smallest absolute Gasteiger partial charge is 0.341 e. The SMILES string of the molecule is Cc1ccc(S(=O)(=O)N(C)C)cc1NC(=O)C(C)OC(=O)c1cc(Cl)cc(Cl)c1N. The van der Waals surface area contributed by atoms with Crippen LogP contribution in [-0.2, 0) is 19.6 Å². The Kier molecular flexibility index (Phi) is 7.36. The van der Waals surface area contributed by atoms with Gasteiger partial charge in [0.15, 0.2) is 6.10 Å². The van der Waals surface area contributed by atoms with E-state index in [1.165, 1.54) is 45.3 Å². The summed E-state index contributed by atoms with van der Waals surface area (Å²) in [7, 11) is -0.871. The van der Waals surface area contributed by atoms with Crippen LogP contribution in [0.1, 0.15) is 22.8 Å². The van der Waals surface area contributed by atoms with Gasteiger partial charge in [0.25, 0.3) is 5.91 Å². The first-order chi connectivity index (χ1) is 13.8. The summed E-state index contributed by atoms with van der Waals surface area (Å²) < 4.78 is 30.9. The maximum atomic E-state index is 12.5. The summed E-state index contributed by atoms with van der Waals surface area (Å²) in [6.07, 6.45) is -1.21. The molecule has 1 amide bonds. The highest BCUT2D eigenvalue weighted by Crippen LogP contribution is 2.28. The molecule has 0 heterocycles. The second-order valence-electron chi connectivity index (χ2n) is 6.65. The van der Waals surface area contributed by atoms with Crippen LogP contribution in [0.3, 0.4) is 0 Å². The summed E-state index contributed by atoms with van der Waals surface area (Å²) in [5.74, 6) is -1.53. The molecule has 2 aromatic rings. The lowest BCUT2D eigenvalue weighted by Crippen LogP contribution is -2.30. The number of nitrogens with two attached hydrogens (primary N) is 1. The number of hydrogen-bond donors (Lipinski definition) is 2. The number of hydrogen-bond acceptors (Lipinski definition) is 6. The molecule has 0 aliphatic carbocycles. The topological polar surface area (TPSA) is 119 Å². The van der Waals surface area contributed by atoms with Crippen LogP contribution in [0.15, 0.2) is 35.2 Å². The molecule has 8 nitrogen and oxygen atoms in total. The van der Waals surface area contributed by atoms with Crippen LogP contribution in [0, 0.1) is 6.92 Å². The molecule has 0 aliphatic rings. The summed E-state index contributed by atoms with van der Waals surface area (Å²) in [4.78, 5) is 24.9. The number of carbonyl (C=O) groups is 2. The van der Waals surface area contributed by atoms with Crippen molar-refractivity contribution in [2.24, 2.45) is 0 Å². The molecule has 30 heavy (non-hydrogen) atoms. The third-order valence-electron chi connectivity index (χ3n) is 4.21. The third kappa shape index (κ3) is 5.23. The van der Waals surface area contributed by atoms with Gasteiger partial charge >= 0.3 is 5.97 Å². The Morgan fingerprint density at radius 1 is 1.17 bits per heavy atom. The molecule has 0 bridgehead atoms. The maximum absolute atomic E-state index is 12.5. The second-order valence-corrected chi connectivity index (χ2v) is 9.65. The van der Waals surface area contributed by atoms with Gasteiger partial charge in [-0.3, -0.25) is 4.79 Å². The molecule has 162 valence electrons. The number of sulfonamides is 1. The lowest BCUT2D eigenvalue weighted by Gasteiger charge is -2.17. The molecule has 11 heteroatoms. The average molecular weight is 474 g/mol. The van der Waals surface area contributed by atoms with Crippen molar-refractivity contribution in [3.8, 4) is 0 Å². The average Bonchev–Trinajstić information content (AvgIpc) is 2.65. The van der Waals surface area contributed by atoms with Crippen LogP contribution >= 0.6 is 23.2 Å². The zero-order valence-corrected chi connectivity index (χ0v) is 19.0. The van der Waals surface area contributed by atoms with Gasteiger partial charge < -0.3 is 15.8 Å². The molecule has 0 fully saturated rings. The molecular weight excluding hydrogens is 453 g/mol. The van der Waals surface area contributed by atoms with Gasteiger partial charge in [0.05, 0.1) is 21.2 Å². The zero-order chi connectivity index (χ0) is 22.8. The van der Waals surface area contributed by atoms with Crippen molar-refractivity contribution < 1.29 is 22.7 Å². The first-order valence-corrected chi connectivity index (χ1v) is 10.8. The number of ether oxygens (including phenoxy) is 1. The number of nitrogen functional groups attached to an aromatic ring is 1. The highest BCUT2D eigenvalue weighted by molar-refractivity contribution is 7.89. The van der Waals surface area contributed by atoms with Gasteiger partial charge in [-0.25, -0.2) is 17.5 Å². The minimum atomic E-state index is -3.68. The normalized spacial score (nSPS) is 12.5. The van der Waals surface area contributed by atoms with Gasteiger partial charge in [-0.15, -0.1) is 0 Å². The predicted molar refractivity (Wildman–Crippen MR) is 116 cm³/mol. The van der Waals surface area contributed by atoms with Crippen molar-refractivity contribution >= 4 is 56.5 Å². The first-order valence-electron chi connectivity index (χ1n) is 8.64. The van der Waals surface area contributed by atoms with Crippen LogP contribution in [0.2, 0.25) is 10.0 Å². The Balaban J connectivity index is 2.20. The monoisotopic (exact) mass is 473 g/mol. The lowest BCUT2D eigenvalue weighted by atomic mass is 10.2. The van der Waals surface area contributed by atoms with E-state index in [0.717, 1.165) is 4.31 Å². The van der Waals surface area contributed by atoms with Crippen LogP contribution in [-0.4, -0.2) is 44.8 Å². The minimum absolute atomic E-state index is 0.0133. The van der Waals surface area contributed by atoms with E-state index in [1.807, 2.05) is 0 Å². The molecule has 0 aromatic heterocycles.